The van der Waals surface area contributed by atoms with Crippen LogP contribution in [-0.2, 0) is 6.54 Å². The first-order chi connectivity index (χ1) is 9.97. The third-order valence-electron chi connectivity index (χ3n) is 2.77. The van der Waals surface area contributed by atoms with Gasteiger partial charge in [0.1, 0.15) is 0 Å². The molecule has 1 heterocycles. The van der Waals surface area contributed by atoms with Crippen molar-refractivity contribution in [2.75, 3.05) is 5.32 Å². The van der Waals surface area contributed by atoms with Crippen molar-refractivity contribution in [3.63, 3.8) is 0 Å². The summed E-state index contributed by atoms with van der Waals surface area (Å²) in [5, 5.41) is 12.0. The second kappa shape index (κ2) is 6.36. The summed E-state index contributed by atoms with van der Waals surface area (Å²) < 4.78 is 0.590. The molecular formula is C14H12BrN3O3. The van der Waals surface area contributed by atoms with Gasteiger partial charge in [0.05, 0.1) is 23.4 Å². The zero-order valence-corrected chi connectivity index (χ0v) is 12.4. The van der Waals surface area contributed by atoms with E-state index >= 15 is 0 Å². The number of carboxylic acids is 1. The SMILES string of the molecule is NC(=O)c1ccc(NCc2cc(C(=O)O)ccn2)cc1Br. The molecule has 0 aliphatic rings. The number of primary amides is 1. The summed E-state index contributed by atoms with van der Waals surface area (Å²) in [7, 11) is 0. The van der Waals surface area contributed by atoms with Gasteiger partial charge in [-0.2, -0.15) is 0 Å². The average molecular weight is 350 g/mol. The number of nitrogens with zero attached hydrogens (tertiary/aromatic N) is 1. The quantitative estimate of drug-likeness (QED) is 0.767. The van der Waals surface area contributed by atoms with Crippen molar-refractivity contribution in [3.8, 4) is 0 Å². The van der Waals surface area contributed by atoms with Crippen LogP contribution in [0.2, 0.25) is 0 Å². The first-order valence-electron chi connectivity index (χ1n) is 5.99. The summed E-state index contributed by atoms with van der Waals surface area (Å²) in [6, 6.07) is 7.98. The Kier molecular flexibility index (Phi) is 4.54. The number of amides is 1. The first kappa shape index (κ1) is 15.0. The lowest BCUT2D eigenvalue weighted by molar-refractivity contribution is 0.0696. The van der Waals surface area contributed by atoms with Crippen molar-refractivity contribution in [1.29, 1.82) is 0 Å². The van der Waals surface area contributed by atoms with E-state index in [1.165, 1.54) is 18.3 Å². The number of aromatic carboxylic acids is 1. The molecule has 0 radical (unpaired) electrons. The minimum absolute atomic E-state index is 0.187. The van der Waals surface area contributed by atoms with Gasteiger partial charge in [0.15, 0.2) is 0 Å². The molecule has 0 atom stereocenters. The fraction of sp³-hybridized carbons (Fsp3) is 0.0714. The van der Waals surface area contributed by atoms with Gasteiger partial charge in [-0.05, 0) is 46.3 Å². The molecule has 0 fully saturated rings. The summed E-state index contributed by atoms with van der Waals surface area (Å²) in [6.07, 6.45) is 1.45. The topological polar surface area (TPSA) is 105 Å². The van der Waals surface area contributed by atoms with Gasteiger partial charge in [0.2, 0.25) is 5.91 Å². The smallest absolute Gasteiger partial charge is 0.335 e. The van der Waals surface area contributed by atoms with Crippen LogP contribution in [-0.4, -0.2) is 22.0 Å². The Morgan fingerprint density at radius 2 is 2.05 bits per heavy atom. The molecule has 0 bridgehead atoms. The van der Waals surface area contributed by atoms with E-state index in [2.05, 4.69) is 26.2 Å². The number of hydrogen-bond donors (Lipinski definition) is 3. The Hall–Kier alpha value is -2.41. The maximum Gasteiger partial charge on any atom is 0.335 e. The second-order valence-corrected chi connectivity index (χ2v) is 5.11. The van der Waals surface area contributed by atoms with Crippen LogP contribution in [0.1, 0.15) is 26.4 Å². The number of rotatable bonds is 5. The van der Waals surface area contributed by atoms with Crippen molar-refractivity contribution >= 4 is 33.5 Å². The molecule has 2 aromatic rings. The van der Waals surface area contributed by atoms with Crippen LogP contribution in [0.3, 0.4) is 0 Å². The Morgan fingerprint density at radius 1 is 1.29 bits per heavy atom. The van der Waals surface area contributed by atoms with E-state index in [1.54, 1.807) is 18.2 Å². The number of carbonyl (C=O) groups is 2. The Bertz CT molecular complexity index is 704. The summed E-state index contributed by atoms with van der Waals surface area (Å²) in [5.74, 6) is -1.50. The van der Waals surface area contributed by atoms with E-state index in [9.17, 15) is 9.59 Å². The van der Waals surface area contributed by atoms with Gasteiger partial charge in [-0.25, -0.2) is 4.79 Å². The molecule has 0 saturated carbocycles. The van der Waals surface area contributed by atoms with Gasteiger partial charge >= 0.3 is 5.97 Å². The van der Waals surface area contributed by atoms with E-state index in [1.807, 2.05) is 0 Å². The maximum absolute atomic E-state index is 11.1. The lowest BCUT2D eigenvalue weighted by Crippen LogP contribution is -2.12. The Balaban J connectivity index is 2.10. The van der Waals surface area contributed by atoms with Gasteiger partial charge in [-0.3, -0.25) is 9.78 Å². The molecule has 6 nitrogen and oxygen atoms in total. The Morgan fingerprint density at radius 3 is 2.67 bits per heavy atom. The monoisotopic (exact) mass is 349 g/mol. The number of carboxylic acid groups (broad SMARTS) is 1. The molecular weight excluding hydrogens is 338 g/mol. The number of carbonyl (C=O) groups excluding carboxylic acids is 1. The van der Waals surface area contributed by atoms with Gasteiger partial charge < -0.3 is 16.2 Å². The Labute approximate surface area is 129 Å². The highest BCUT2D eigenvalue weighted by Gasteiger charge is 2.07. The van der Waals surface area contributed by atoms with E-state index in [-0.39, 0.29) is 5.56 Å². The zero-order chi connectivity index (χ0) is 15.4. The molecule has 7 heteroatoms. The summed E-state index contributed by atoms with van der Waals surface area (Å²) in [4.78, 5) is 26.1. The number of pyridine rings is 1. The number of halogens is 1. The van der Waals surface area contributed by atoms with Crippen molar-refractivity contribution in [3.05, 3.63) is 57.8 Å². The molecule has 1 amide bonds. The summed E-state index contributed by atoms with van der Waals surface area (Å²) in [5.41, 5.74) is 7.16. The van der Waals surface area contributed by atoms with Gasteiger partial charge in [-0.1, -0.05) is 0 Å². The van der Waals surface area contributed by atoms with Crippen LogP contribution in [0.25, 0.3) is 0 Å². The van der Waals surface area contributed by atoms with Crippen molar-refractivity contribution in [2.24, 2.45) is 5.73 Å². The zero-order valence-electron chi connectivity index (χ0n) is 10.8. The van der Waals surface area contributed by atoms with Crippen LogP contribution in [0.5, 0.6) is 0 Å². The van der Waals surface area contributed by atoms with E-state index in [0.717, 1.165) is 5.69 Å². The molecule has 0 unspecified atom stereocenters. The number of benzene rings is 1. The van der Waals surface area contributed by atoms with Crippen molar-refractivity contribution < 1.29 is 14.7 Å². The first-order valence-corrected chi connectivity index (χ1v) is 6.78. The van der Waals surface area contributed by atoms with Crippen LogP contribution in [0, 0.1) is 0 Å². The normalized spacial score (nSPS) is 10.1. The molecule has 108 valence electrons. The van der Waals surface area contributed by atoms with Crippen molar-refractivity contribution in [1.82, 2.24) is 4.98 Å². The number of hydrogen-bond acceptors (Lipinski definition) is 4. The van der Waals surface area contributed by atoms with Crippen LogP contribution in [0.4, 0.5) is 5.69 Å². The lowest BCUT2D eigenvalue weighted by Gasteiger charge is -2.08. The molecule has 2 rings (SSSR count). The minimum atomic E-state index is -0.993. The molecule has 21 heavy (non-hydrogen) atoms. The van der Waals surface area contributed by atoms with E-state index < -0.39 is 11.9 Å². The molecule has 0 aliphatic heterocycles. The standard InChI is InChI=1S/C14H12BrN3O3/c15-12-6-9(1-2-11(12)13(16)19)18-7-10-5-8(14(20)21)3-4-17-10/h1-6,18H,7H2,(H2,16,19)(H,20,21). The predicted octanol–water partition coefficient (Wildman–Crippen LogP) is 2.25. The lowest BCUT2D eigenvalue weighted by atomic mass is 10.2. The molecule has 0 spiro atoms. The third kappa shape index (κ3) is 3.79. The molecule has 4 N–H and O–H groups in total. The molecule has 0 saturated heterocycles. The van der Waals surface area contributed by atoms with Gasteiger partial charge in [-0.15, -0.1) is 0 Å². The van der Waals surface area contributed by atoms with Gasteiger partial charge in [0, 0.05) is 16.4 Å². The molecule has 1 aromatic carbocycles. The maximum atomic E-state index is 11.1. The summed E-state index contributed by atoms with van der Waals surface area (Å²) >= 11 is 3.27. The minimum Gasteiger partial charge on any atom is -0.478 e. The highest BCUT2D eigenvalue weighted by atomic mass is 79.9. The van der Waals surface area contributed by atoms with Crippen LogP contribution < -0.4 is 11.1 Å². The average Bonchev–Trinajstić information content (AvgIpc) is 2.45. The predicted molar refractivity (Wildman–Crippen MR) is 81.2 cm³/mol. The highest BCUT2D eigenvalue weighted by Crippen LogP contribution is 2.21. The van der Waals surface area contributed by atoms with Crippen LogP contribution in [0.15, 0.2) is 41.0 Å². The third-order valence-corrected chi connectivity index (χ3v) is 3.43. The van der Waals surface area contributed by atoms with Gasteiger partial charge in [0.25, 0.3) is 0 Å². The number of nitrogens with two attached hydrogens (primary N) is 1. The van der Waals surface area contributed by atoms with Crippen molar-refractivity contribution in [2.45, 2.75) is 6.54 Å². The van der Waals surface area contributed by atoms with E-state index in [4.69, 9.17) is 10.8 Å². The molecule has 1 aromatic heterocycles. The fourth-order valence-corrected chi connectivity index (χ4v) is 2.30. The molecule has 0 aliphatic carbocycles. The second-order valence-electron chi connectivity index (χ2n) is 4.25. The number of aromatic nitrogens is 1. The highest BCUT2D eigenvalue weighted by molar-refractivity contribution is 9.10. The number of nitrogens with one attached hydrogen (secondary N) is 1. The fourth-order valence-electron chi connectivity index (χ4n) is 1.73. The largest absolute Gasteiger partial charge is 0.478 e. The van der Waals surface area contributed by atoms with Crippen LogP contribution >= 0.6 is 15.9 Å². The summed E-state index contributed by atoms with van der Waals surface area (Å²) in [6.45, 7) is 0.365. The number of anilines is 1. The van der Waals surface area contributed by atoms with E-state index in [0.29, 0.717) is 22.3 Å².